The van der Waals surface area contributed by atoms with Gasteiger partial charge in [-0.3, -0.25) is 4.79 Å². The Hall–Kier alpha value is -1.16. The number of ether oxygens (including phenoxy) is 2. The molecule has 100 valence electrons. The summed E-state index contributed by atoms with van der Waals surface area (Å²) in [5, 5.41) is -0.240. The first-order chi connectivity index (χ1) is 8.31. The Morgan fingerprint density at radius 2 is 2.00 bits per heavy atom. The van der Waals surface area contributed by atoms with E-state index in [4.69, 9.17) is 9.47 Å². The van der Waals surface area contributed by atoms with Crippen LogP contribution in [0.2, 0.25) is 0 Å². The Bertz CT molecular complexity index is 410. The minimum Gasteiger partial charge on any atom is -0.497 e. The molecule has 0 saturated heterocycles. The lowest BCUT2D eigenvalue weighted by molar-refractivity contribution is -0.153. The lowest BCUT2D eigenvalue weighted by Gasteiger charge is -2.22. The average Bonchev–Trinajstić information content (AvgIpc) is 2.27. The molecule has 1 aromatic rings. The van der Waals surface area contributed by atoms with Crippen LogP contribution in [0.25, 0.3) is 0 Å². The van der Waals surface area contributed by atoms with E-state index in [0.717, 1.165) is 10.6 Å². The number of hydrogen-bond acceptors (Lipinski definition) is 4. The van der Waals surface area contributed by atoms with E-state index in [0.29, 0.717) is 0 Å². The maximum Gasteiger partial charge on any atom is 0.319 e. The number of hydrogen-bond donors (Lipinski definition) is 0. The molecule has 0 aliphatic rings. The number of benzene rings is 1. The molecule has 0 amide bonds. The zero-order valence-corrected chi connectivity index (χ0v) is 12.3. The van der Waals surface area contributed by atoms with E-state index in [-0.39, 0.29) is 11.2 Å². The normalized spacial score (nSPS) is 12.9. The smallest absolute Gasteiger partial charge is 0.319 e. The van der Waals surface area contributed by atoms with E-state index in [1.54, 1.807) is 7.11 Å². The van der Waals surface area contributed by atoms with E-state index in [9.17, 15) is 4.79 Å². The Morgan fingerprint density at radius 3 is 2.56 bits per heavy atom. The summed E-state index contributed by atoms with van der Waals surface area (Å²) in [6, 6.07) is 7.64. The highest BCUT2D eigenvalue weighted by Gasteiger charge is 2.22. The number of methoxy groups -OCH3 is 1. The zero-order valence-electron chi connectivity index (χ0n) is 11.5. The molecule has 0 heterocycles. The van der Waals surface area contributed by atoms with E-state index in [2.05, 4.69) is 0 Å². The van der Waals surface area contributed by atoms with E-state index in [1.165, 1.54) is 11.8 Å². The molecule has 0 N–H and O–H groups in total. The quantitative estimate of drug-likeness (QED) is 0.618. The fourth-order valence-electron chi connectivity index (χ4n) is 1.31. The summed E-state index contributed by atoms with van der Waals surface area (Å²) in [5.74, 6) is 0.590. The van der Waals surface area contributed by atoms with Gasteiger partial charge in [0.15, 0.2) is 0 Å². The van der Waals surface area contributed by atoms with E-state index in [1.807, 2.05) is 52.0 Å². The number of carbonyl (C=O) groups excluding carboxylic acids is 1. The first kappa shape index (κ1) is 14.9. The van der Waals surface area contributed by atoms with Gasteiger partial charge in [0.05, 0.1) is 7.11 Å². The maximum absolute atomic E-state index is 11.8. The van der Waals surface area contributed by atoms with Crippen molar-refractivity contribution in [2.45, 2.75) is 43.4 Å². The number of thioether (sulfide) groups is 1. The van der Waals surface area contributed by atoms with Gasteiger partial charge in [-0.2, -0.15) is 0 Å². The molecule has 1 atom stereocenters. The van der Waals surface area contributed by atoms with Crippen molar-refractivity contribution in [3.63, 3.8) is 0 Å². The van der Waals surface area contributed by atoms with Crippen LogP contribution < -0.4 is 4.74 Å². The molecule has 1 unspecified atom stereocenters. The maximum atomic E-state index is 11.8. The lowest BCUT2D eigenvalue weighted by atomic mass is 10.2. The van der Waals surface area contributed by atoms with Crippen LogP contribution in [0.4, 0.5) is 0 Å². The summed E-state index contributed by atoms with van der Waals surface area (Å²) < 4.78 is 10.5. The van der Waals surface area contributed by atoms with E-state index >= 15 is 0 Å². The summed E-state index contributed by atoms with van der Waals surface area (Å²) in [4.78, 5) is 12.8. The molecule has 18 heavy (non-hydrogen) atoms. The van der Waals surface area contributed by atoms with Gasteiger partial charge in [-0.1, -0.05) is 6.07 Å². The van der Waals surface area contributed by atoms with Crippen molar-refractivity contribution in [1.82, 2.24) is 0 Å². The van der Waals surface area contributed by atoms with Gasteiger partial charge in [-0.15, -0.1) is 11.8 Å². The summed E-state index contributed by atoms with van der Waals surface area (Å²) in [7, 11) is 1.63. The van der Waals surface area contributed by atoms with Gasteiger partial charge in [-0.05, 0) is 45.9 Å². The molecule has 0 aliphatic heterocycles. The highest BCUT2D eigenvalue weighted by atomic mass is 32.2. The molecular formula is C14H20O3S. The Labute approximate surface area is 113 Å². The molecule has 3 nitrogen and oxygen atoms in total. The monoisotopic (exact) mass is 268 g/mol. The fourth-order valence-corrected chi connectivity index (χ4v) is 2.21. The SMILES string of the molecule is COc1cccc(SC(C)C(=O)OC(C)(C)C)c1. The van der Waals surface area contributed by atoms with Crippen LogP contribution in [0.15, 0.2) is 29.2 Å². The van der Waals surface area contributed by atoms with Crippen LogP contribution in [-0.4, -0.2) is 23.9 Å². The summed E-state index contributed by atoms with van der Waals surface area (Å²) in [6.07, 6.45) is 0. The zero-order chi connectivity index (χ0) is 13.8. The number of esters is 1. The van der Waals surface area contributed by atoms with Crippen LogP contribution in [-0.2, 0) is 9.53 Å². The van der Waals surface area contributed by atoms with Crippen molar-refractivity contribution in [3.05, 3.63) is 24.3 Å². The van der Waals surface area contributed by atoms with Crippen molar-refractivity contribution >= 4 is 17.7 Å². The van der Waals surface area contributed by atoms with Crippen molar-refractivity contribution in [1.29, 1.82) is 0 Å². The first-order valence-electron chi connectivity index (χ1n) is 5.85. The third-order valence-corrected chi connectivity index (χ3v) is 3.16. The summed E-state index contributed by atoms with van der Waals surface area (Å²) in [6.45, 7) is 7.45. The Balaban J connectivity index is 2.63. The molecule has 0 radical (unpaired) electrons. The highest BCUT2D eigenvalue weighted by Crippen LogP contribution is 2.27. The van der Waals surface area contributed by atoms with Gasteiger partial charge >= 0.3 is 5.97 Å². The van der Waals surface area contributed by atoms with Gasteiger partial charge in [0.25, 0.3) is 0 Å². The Morgan fingerprint density at radius 1 is 1.33 bits per heavy atom. The average molecular weight is 268 g/mol. The number of carbonyl (C=O) groups is 1. The minimum atomic E-state index is -0.444. The fraction of sp³-hybridized carbons (Fsp3) is 0.500. The van der Waals surface area contributed by atoms with Gasteiger partial charge in [0, 0.05) is 4.90 Å². The molecule has 0 spiro atoms. The van der Waals surface area contributed by atoms with Crippen molar-refractivity contribution < 1.29 is 14.3 Å². The molecule has 0 bridgehead atoms. The molecule has 1 aromatic carbocycles. The predicted octanol–water partition coefficient (Wildman–Crippen LogP) is 3.52. The van der Waals surface area contributed by atoms with Crippen LogP contribution >= 0.6 is 11.8 Å². The summed E-state index contributed by atoms with van der Waals surface area (Å²) in [5.41, 5.74) is -0.444. The highest BCUT2D eigenvalue weighted by molar-refractivity contribution is 8.00. The Kier molecular flexibility index (Phi) is 5.08. The molecule has 0 aliphatic carbocycles. The standard InChI is InChI=1S/C14H20O3S/c1-10(13(15)17-14(2,3)4)18-12-8-6-7-11(9-12)16-5/h6-10H,1-5H3. The summed E-state index contributed by atoms with van der Waals surface area (Å²) >= 11 is 1.47. The predicted molar refractivity (Wildman–Crippen MR) is 74.2 cm³/mol. The second-order valence-electron chi connectivity index (χ2n) is 4.97. The van der Waals surface area contributed by atoms with E-state index < -0.39 is 5.60 Å². The van der Waals surface area contributed by atoms with Gasteiger partial charge in [0.1, 0.15) is 16.6 Å². The second kappa shape index (κ2) is 6.14. The third kappa shape index (κ3) is 5.00. The van der Waals surface area contributed by atoms with Crippen LogP contribution in [0.3, 0.4) is 0 Å². The van der Waals surface area contributed by atoms with Gasteiger partial charge in [0.2, 0.25) is 0 Å². The van der Waals surface area contributed by atoms with Crippen molar-refractivity contribution in [2.75, 3.05) is 7.11 Å². The molecule has 0 saturated carbocycles. The number of rotatable bonds is 4. The van der Waals surface area contributed by atoms with Crippen LogP contribution in [0.1, 0.15) is 27.7 Å². The van der Waals surface area contributed by atoms with Crippen molar-refractivity contribution in [3.8, 4) is 5.75 Å². The van der Waals surface area contributed by atoms with Crippen LogP contribution in [0.5, 0.6) is 5.75 Å². The topological polar surface area (TPSA) is 35.5 Å². The third-order valence-electron chi connectivity index (χ3n) is 2.09. The molecule has 0 fully saturated rings. The first-order valence-corrected chi connectivity index (χ1v) is 6.73. The van der Waals surface area contributed by atoms with Crippen LogP contribution in [0, 0.1) is 0 Å². The molecule has 4 heteroatoms. The molecular weight excluding hydrogens is 248 g/mol. The van der Waals surface area contributed by atoms with Gasteiger partial charge in [-0.25, -0.2) is 0 Å². The lowest BCUT2D eigenvalue weighted by Crippen LogP contribution is -2.28. The van der Waals surface area contributed by atoms with Crippen molar-refractivity contribution in [2.24, 2.45) is 0 Å². The van der Waals surface area contributed by atoms with Gasteiger partial charge < -0.3 is 9.47 Å². The minimum absolute atomic E-state index is 0.199. The molecule has 1 rings (SSSR count). The second-order valence-corrected chi connectivity index (χ2v) is 6.39. The largest absolute Gasteiger partial charge is 0.497 e. The molecule has 0 aromatic heterocycles.